The fourth-order valence-corrected chi connectivity index (χ4v) is 2.64. The molecule has 1 amide bonds. The Bertz CT molecular complexity index is 864. The van der Waals surface area contributed by atoms with E-state index < -0.39 is 30.0 Å². The van der Waals surface area contributed by atoms with Gasteiger partial charge in [0.05, 0.1) is 18.4 Å². The second-order valence-corrected chi connectivity index (χ2v) is 6.84. The standard InChI is InChI=1S/C15H15ClFIN4O4/c16-12-9(5-19-11-2-1-7(18)3-10(11)17)13(21-22-14(12)25)15(26)20-4-8(24)6-23/h1-3,8,19,23-24H,4-6H2,(H,20,26)(H,22,25). The van der Waals surface area contributed by atoms with Crippen molar-refractivity contribution < 1.29 is 19.4 Å². The molecule has 0 bridgehead atoms. The van der Waals surface area contributed by atoms with E-state index in [1.807, 2.05) is 22.6 Å². The first-order valence-electron chi connectivity index (χ1n) is 7.36. The van der Waals surface area contributed by atoms with Crippen molar-refractivity contribution in [2.45, 2.75) is 12.6 Å². The number of aliphatic hydroxyl groups is 2. The Morgan fingerprint density at radius 3 is 2.85 bits per heavy atom. The van der Waals surface area contributed by atoms with Crippen molar-refractivity contribution in [3.8, 4) is 0 Å². The SMILES string of the molecule is O=C(NCC(O)CO)c1n[nH]c(=O)c(Cl)c1CNc1ccc(I)cc1F. The molecule has 26 heavy (non-hydrogen) atoms. The number of halogens is 3. The number of benzene rings is 1. The van der Waals surface area contributed by atoms with E-state index in [4.69, 9.17) is 16.7 Å². The summed E-state index contributed by atoms with van der Waals surface area (Å²) in [5.41, 5.74) is -0.634. The van der Waals surface area contributed by atoms with Crippen LogP contribution in [0.1, 0.15) is 16.1 Å². The monoisotopic (exact) mass is 496 g/mol. The van der Waals surface area contributed by atoms with Crippen molar-refractivity contribution in [3.05, 3.63) is 54.2 Å². The van der Waals surface area contributed by atoms with E-state index in [1.165, 1.54) is 12.1 Å². The minimum atomic E-state index is -1.14. The number of aliphatic hydroxyl groups excluding tert-OH is 2. The summed E-state index contributed by atoms with van der Waals surface area (Å²) < 4.78 is 14.6. The number of hydrogen-bond donors (Lipinski definition) is 5. The third-order valence-corrected chi connectivity index (χ3v) is 4.40. The van der Waals surface area contributed by atoms with Crippen molar-refractivity contribution in [1.82, 2.24) is 15.5 Å². The van der Waals surface area contributed by atoms with Crippen LogP contribution < -0.4 is 16.2 Å². The molecule has 0 saturated carbocycles. The molecule has 1 aromatic carbocycles. The van der Waals surface area contributed by atoms with Crippen LogP contribution in [0.2, 0.25) is 5.02 Å². The van der Waals surface area contributed by atoms with E-state index >= 15 is 0 Å². The summed E-state index contributed by atoms with van der Waals surface area (Å²) in [5.74, 6) is -1.21. The van der Waals surface area contributed by atoms with Gasteiger partial charge in [0, 0.05) is 22.2 Å². The molecule has 1 atom stereocenters. The average Bonchev–Trinajstić information content (AvgIpc) is 2.61. The third kappa shape index (κ3) is 5.13. The predicted molar refractivity (Wildman–Crippen MR) is 102 cm³/mol. The molecular weight excluding hydrogens is 482 g/mol. The Morgan fingerprint density at radius 2 is 2.19 bits per heavy atom. The highest BCUT2D eigenvalue weighted by Gasteiger charge is 2.20. The molecule has 0 saturated heterocycles. The fourth-order valence-electron chi connectivity index (χ4n) is 1.99. The summed E-state index contributed by atoms with van der Waals surface area (Å²) in [7, 11) is 0. The Labute approximate surface area is 165 Å². The number of aromatic nitrogens is 2. The van der Waals surface area contributed by atoms with Gasteiger partial charge in [0.2, 0.25) is 0 Å². The summed E-state index contributed by atoms with van der Waals surface area (Å²) >= 11 is 7.94. The van der Waals surface area contributed by atoms with Gasteiger partial charge in [-0.1, -0.05) is 11.6 Å². The maximum absolute atomic E-state index is 13.9. The number of rotatable bonds is 7. The van der Waals surface area contributed by atoms with Crippen molar-refractivity contribution in [2.75, 3.05) is 18.5 Å². The Morgan fingerprint density at radius 1 is 1.46 bits per heavy atom. The van der Waals surface area contributed by atoms with Crippen LogP contribution in [0.4, 0.5) is 10.1 Å². The molecule has 140 valence electrons. The molecule has 1 heterocycles. The molecular formula is C15H15ClFIN4O4. The summed E-state index contributed by atoms with van der Waals surface area (Å²) in [4.78, 5) is 23.9. The van der Waals surface area contributed by atoms with Crippen LogP contribution in [0.3, 0.4) is 0 Å². The van der Waals surface area contributed by atoms with Crippen molar-refractivity contribution in [1.29, 1.82) is 0 Å². The van der Waals surface area contributed by atoms with Crippen LogP contribution in [-0.2, 0) is 6.54 Å². The zero-order valence-corrected chi connectivity index (χ0v) is 16.1. The first-order chi connectivity index (χ1) is 12.3. The molecule has 2 aromatic rings. The number of amides is 1. The number of hydrogen-bond acceptors (Lipinski definition) is 6. The number of H-pyrrole nitrogens is 1. The number of anilines is 1. The molecule has 1 aromatic heterocycles. The number of nitrogens with zero attached hydrogens (tertiary/aromatic N) is 1. The second-order valence-electron chi connectivity index (χ2n) is 5.22. The van der Waals surface area contributed by atoms with E-state index in [1.54, 1.807) is 6.07 Å². The minimum absolute atomic E-state index is 0.0735. The van der Waals surface area contributed by atoms with E-state index in [2.05, 4.69) is 20.8 Å². The van der Waals surface area contributed by atoms with Crippen LogP contribution in [0.5, 0.6) is 0 Å². The first-order valence-corrected chi connectivity index (χ1v) is 8.82. The van der Waals surface area contributed by atoms with Crippen molar-refractivity contribution >= 4 is 45.8 Å². The van der Waals surface area contributed by atoms with Crippen molar-refractivity contribution in [3.63, 3.8) is 0 Å². The van der Waals surface area contributed by atoms with Gasteiger partial charge in [-0.25, -0.2) is 9.49 Å². The largest absolute Gasteiger partial charge is 0.394 e. The minimum Gasteiger partial charge on any atom is -0.394 e. The van der Waals surface area contributed by atoms with Crippen LogP contribution in [0.25, 0.3) is 0 Å². The molecule has 11 heteroatoms. The fraction of sp³-hybridized carbons (Fsp3) is 0.267. The number of aromatic amines is 1. The van der Waals surface area contributed by atoms with E-state index in [0.29, 0.717) is 3.57 Å². The van der Waals surface area contributed by atoms with Gasteiger partial charge in [-0.15, -0.1) is 0 Å². The smallest absolute Gasteiger partial charge is 0.283 e. The van der Waals surface area contributed by atoms with Gasteiger partial charge in [0.1, 0.15) is 10.8 Å². The lowest BCUT2D eigenvalue weighted by Gasteiger charge is -2.13. The molecule has 0 aliphatic rings. The number of nitrogens with one attached hydrogen (secondary N) is 3. The van der Waals surface area contributed by atoms with E-state index in [-0.39, 0.29) is 35.1 Å². The quantitative estimate of drug-likeness (QED) is 0.362. The van der Waals surface area contributed by atoms with Gasteiger partial charge in [-0.2, -0.15) is 5.10 Å². The maximum Gasteiger partial charge on any atom is 0.283 e. The normalized spacial score (nSPS) is 11.9. The zero-order chi connectivity index (χ0) is 19.3. The van der Waals surface area contributed by atoms with Gasteiger partial charge in [0.15, 0.2) is 5.69 Å². The van der Waals surface area contributed by atoms with Gasteiger partial charge in [-0.05, 0) is 40.8 Å². The molecule has 5 N–H and O–H groups in total. The van der Waals surface area contributed by atoms with Gasteiger partial charge >= 0.3 is 0 Å². The van der Waals surface area contributed by atoms with Gasteiger partial charge in [0.25, 0.3) is 11.5 Å². The predicted octanol–water partition coefficient (Wildman–Crippen LogP) is 0.862. The Kier molecular flexibility index (Phi) is 7.32. The molecule has 0 radical (unpaired) electrons. The topological polar surface area (TPSA) is 127 Å². The molecule has 0 aliphatic carbocycles. The van der Waals surface area contributed by atoms with Crippen LogP contribution >= 0.6 is 34.2 Å². The Balaban J connectivity index is 2.24. The van der Waals surface area contributed by atoms with Crippen molar-refractivity contribution in [2.24, 2.45) is 0 Å². The molecule has 1 unspecified atom stereocenters. The van der Waals surface area contributed by atoms with Gasteiger partial charge in [-0.3, -0.25) is 9.59 Å². The van der Waals surface area contributed by atoms with Gasteiger partial charge < -0.3 is 20.8 Å². The average molecular weight is 497 g/mol. The Hall–Kier alpha value is -1.76. The second kappa shape index (κ2) is 9.26. The lowest BCUT2D eigenvalue weighted by atomic mass is 10.2. The molecule has 0 aliphatic heterocycles. The summed E-state index contributed by atoms with van der Waals surface area (Å²) in [6.45, 7) is -0.870. The van der Waals surface area contributed by atoms with E-state index in [9.17, 15) is 19.1 Å². The molecule has 8 nitrogen and oxygen atoms in total. The highest BCUT2D eigenvalue weighted by Crippen LogP contribution is 2.20. The first kappa shape index (κ1) is 20.6. The van der Waals surface area contributed by atoms with Crippen LogP contribution in [-0.4, -0.2) is 45.6 Å². The number of carbonyl (C=O) groups is 1. The highest BCUT2D eigenvalue weighted by molar-refractivity contribution is 14.1. The highest BCUT2D eigenvalue weighted by atomic mass is 127. The number of carbonyl (C=O) groups excluding carboxylic acids is 1. The lowest BCUT2D eigenvalue weighted by Crippen LogP contribution is -2.35. The lowest BCUT2D eigenvalue weighted by molar-refractivity contribution is 0.0797. The molecule has 0 fully saturated rings. The summed E-state index contributed by atoms with van der Waals surface area (Å²) in [5, 5.41) is 28.7. The third-order valence-electron chi connectivity index (χ3n) is 3.33. The summed E-state index contributed by atoms with van der Waals surface area (Å²) in [6, 6.07) is 4.53. The van der Waals surface area contributed by atoms with E-state index in [0.717, 1.165) is 0 Å². The zero-order valence-electron chi connectivity index (χ0n) is 13.2. The maximum atomic E-state index is 13.9. The molecule has 2 rings (SSSR count). The van der Waals surface area contributed by atoms with Crippen LogP contribution in [0, 0.1) is 9.39 Å². The molecule has 0 spiro atoms. The summed E-state index contributed by atoms with van der Waals surface area (Å²) in [6.07, 6.45) is -1.14. The van der Waals surface area contributed by atoms with Crippen LogP contribution in [0.15, 0.2) is 23.0 Å².